The Labute approximate surface area is 96.8 Å². The summed E-state index contributed by atoms with van der Waals surface area (Å²) in [6.07, 6.45) is 3.23. The van der Waals surface area contributed by atoms with Crippen LogP contribution in [0, 0.1) is 0 Å². The first-order chi connectivity index (χ1) is 6.33. The summed E-state index contributed by atoms with van der Waals surface area (Å²) in [5.41, 5.74) is 0. The third kappa shape index (κ3) is 41.4. The molecule has 15 heavy (non-hydrogen) atoms. The number of hydrogen-bond acceptors (Lipinski definition) is 3. The quantitative estimate of drug-likeness (QED) is 0.675. The van der Waals surface area contributed by atoms with Crippen molar-refractivity contribution in [1.29, 1.82) is 0 Å². The fourth-order valence-corrected chi connectivity index (χ4v) is 0.491. The average Bonchev–Trinajstić information content (AvgIpc) is 2.18. The molecule has 0 aliphatic heterocycles. The number of methoxy groups -OCH3 is 1. The van der Waals surface area contributed by atoms with Crippen LogP contribution in [0.2, 0.25) is 0 Å². The van der Waals surface area contributed by atoms with Crippen LogP contribution < -0.4 is 0 Å². The molecule has 0 aromatic carbocycles. The molecule has 0 fully saturated rings. The summed E-state index contributed by atoms with van der Waals surface area (Å²) in [5.74, 6) is 0. The maximum Gasteiger partial charge on any atom is 0.0700 e. The molecule has 98 valence electrons. The van der Waals surface area contributed by atoms with Gasteiger partial charge in [-0.15, -0.1) is 0 Å². The lowest BCUT2D eigenvalue weighted by Crippen LogP contribution is -2.02. The van der Waals surface area contributed by atoms with E-state index in [0.29, 0.717) is 13.2 Å². The van der Waals surface area contributed by atoms with E-state index in [-0.39, 0.29) is 14.9 Å². The van der Waals surface area contributed by atoms with Crippen LogP contribution in [0.5, 0.6) is 0 Å². The predicted octanol–water partition coefficient (Wildman–Crippen LogP) is 3.11. The van der Waals surface area contributed by atoms with E-state index in [0.717, 1.165) is 26.1 Å². The third-order valence-electron chi connectivity index (χ3n) is 1.30. The molecule has 3 heteroatoms. The van der Waals surface area contributed by atoms with Crippen LogP contribution in [0.3, 0.4) is 0 Å². The molecule has 0 aliphatic carbocycles. The molecule has 0 radical (unpaired) electrons. The summed E-state index contributed by atoms with van der Waals surface area (Å²) in [6.45, 7) is 6.72. The lowest BCUT2D eigenvalue weighted by Gasteiger charge is -2.00. The SMILES string of the molecule is C.C.CCCCOCCOC.CCCO. The monoisotopic (exact) mass is 224 g/mol. The standard InChI is InChI=1S/C7H16O2.C3H8O.2CH4/c1-3-4-5-9-7-6-8-2;1-2-3-4;;/h3-7H2,1-2H3;4H,2-3H2,1H3;2*1H4. The van der Waals surface area contributed by atoms with Crippen LogP contribution in [-0.4, -0.2) is 38.6 Å². The molecule has 0 heterocycles. The maximum atomic E-state index is 7.88. The van der Waals surface area contributed by atoms with E-state index in [1.807, 2.05) is 6.92 Å². The zero-order valence-corrected chi connectivity index (χ0v) is 9.21. The van der Waals surface area contributed by atoms with Gasteiger partial charge in [-0.2, -0.15) is 0 Å². The minimum Gasteiger partial charge on any atom is -0.396 e. The fourth-order valence-electron chi connectivity index (χ4n) is 0.491. The summed E-state index contributed by atoms with van der Waals surface area (Å²) in [4.78, 5) is 0. The van der Waals surface area contributed by atoms with Gasteiger partial charge in [-0.25, -0.2) is 0 Å². The zero-order chi connectivity index (χ0) is 10.4. The molecule has 0 rings (SSSR count). The van der Waals surface area contributed by atoms with E-state index in [1.165, 1.54) is 6.42 Å². The van der Waals surface area contributed by atoms with E-state index >= 15 is 0 Å². The Morgan fingerprint density at radius 3 is 1.80 bits per heavy atom. The van der Waals surface area contributed by atoms with Gasteiger partial charge in [0.25, 0.3) is 0 Å². The molecule has 0 spiro atoms. The molecular formula is C12H32O3. The highest BCUT2D eigenvalue weighted by Crippen LogP contribution is 1.86. The largest absolute Gasteiger partial charge is 0.396 e. The van der Waals surface area contributed by atoms with Crippen LogP contribution in [-0.2, 0) is 9.47 Å². The molecule has 0 aliphatic rings. The first-order valence-electron chi connectivity index (χ1n) is 5.00. The van der Waals surface area contributed by atoms with E-state index in [1.54, 1.807) is 7.11 Å². The highest BCUT2D eigenvalue weighted by molar-refractivity contribution is 4.31. The second-order valence-electron chi connectivity index (χ2n) is 2.68. The third-order valence-corrected chi connectivity index (χ3v) is 1.30. The molecule has 0 saturated heterocycles. The van der Waals surface area contributed by atoms with Crippen molar-refractivity contribution in [2.45, 2.75) is 48.0 Å². The summed E-state index contributed by atoms with van der Waals surface area (Å²) in [7, 11) is 1.68. The van der Waals surface area contributed by atoms with Crippen LogP contribution in [0.25, 0.3) is 0 Å². The molecule has 0 aromatic heterocycles. The van der Waals surface area contributed by atoms with Crippen molar-refractivity contribution in [3.8, 4) is 0 Å². The van der Waals surface area contributed by atoms with Crippen molar-refractivity contribution in [3.63, 3.8) is 0 Å². The van der Waals surface area contributed by atoms with Gasteiger partial charge in [0.1, 0.15) is 0 Å². The van der Waals surface area contributed by atoms with Gasteiger partial charge in [0.15, 0.2) is 0 Å². The van der Waals surface area contributed by atoms with E-state index in [4.69, 9.17) is 14.6 Å². The Morgan fingerprint density at radius 2 is 1.47 bits per heavy atom. The molecule has 0 aromatic rings. The van der Waals surface area contributed by atoms with Crippen LogP contribution in [0.4, 0.5) is 0 Å². The van der Waals surface area contributed by atoms with E-state index < -0.39 is 0 Å². The average molecular weight is 224 g/mol. The van der Waals surface area contributed by atoms with Gasteiger partial charge in [-0.1, -0.05) is 35.1 Å². The van der Waals surface area contributed by atoms with Crippen LogP contribution in [0.15, 0.2) is 0 Å². The lowest BCUT2D eigenvalue weighted by atomic mass is 10.4. The molecule has 0 atom stereocenters. The van der Waals surface area contributed by atoms with Gasteiger partial charge in [0, 0.05) is 20.3 Å². The highest BCUT2D eigenvalue weighted by atomic mass is 16.5. The maximum absolute atomic E-state index is 7.88. The van der Waals surface area contributed by atoms with Gasteiger partial charge >= 0.3 is 0 Å². The van der Waals surface area contributed by atoms with Crippen LogP contribution in [0.1, 0.15) is 48.0 Å². The minimum atomic E-state index is 0. The van der Waals surface area contributed by atoms with Crippen molar-refractivity contribution < 1.29 is 14.6 Å². The second-order valence-corrected chi connectivity index (χ2v) is 2.68. The number of ether oxygens (including phenoxy) is 2. The normalized spacial score (nSPS) is 8.00. The van der Waals surface area contributed by atoms with Gasteiger partial charge in [0.2, 0.25) is 0 Å². The topological polar surface area (TPSA) is 38.7 Å². The smallest absolute Gasteiger partial charge is 0.0700 e. The Balaban J connectivity index is -0.0000000883. The summed E-state index contributed by atoms with van der Waals surface area (Å²) in [6, 6.07) is 0. The Bertz CT molecular complexity index is 59.9. The number of aliphatic hydroxyl groups is 1. The molecule has 0 bridgehead atoms. The minimum absolute atomic E-state index is 0. The summed E-state index contributed by atoms with van der Waals surface area (Å²) in [5, 5.41) is 7.88. The Hall–Kier alpha value is -0.120. The van der Waals surface area contributed by atoms with Crippen molar-refractivity contribution in [3.05, 3.63) is 0 Å². The molecular weight excluding hydrogens is 192 g/mol. The number of rotatable bonds is 7. The van der Waals surface area contributed by atoms with Crippen molar-refractivity contribution in [1.82, 2.24) is 0 Å². The second kappa shape index (κ2) is 29.2. The Kier molecular flexibility index (Phi) is 47.1. The number of aliphatic hydroxyl groups excluding tert-OH is 1. The van der Waals surface area contributed by atoms with Gasteiger partial charge in [-0.3, -0.25) is 0 Å². The zero-order valence-electron chi connectivity index (χ0n) is 9.21. The first kappa shape index (κ1) is 24.2. The van der Waals surface area contributed by atoms with E-state index in [9.17, 15) is 0 Å². The van der Waals surface area contributed by atoms with Gasteiger partial charge in [0.05, 0.1) is 13.2 Å². The van der Waals surface area contributed by atoms with E-state index in [2.05, 4.69) is 6.92 Å². The van der Waals surface area contributed by atoms with Gasteiger partial charge in [-0.05, 0) is 12.8 Å². The molecule has 0 unspecified atom stereocenters. The van der Waals surface area contributed by atoms with Crippen molar-refractivity contribution >= 4 is 0 Å². The predicted molar refractivity (Wildman–Crippen MR) is 68.4 cm³/mol. The first-order valence-corrected chi connectivity index (χ1v) is 5.00. The molecule has 0 amide bonds. The van der Waals surface area contributed by atoms with Crippen LogP contribution >= 0.6 is 0 Å². The Morgan fingerprint density at radius 1 is 0.933 bits per heavy atom. The fraction of sp³-hybridized carbons (Fsp3) is 1.00. The summed E-state index contributed by atoms with van der Waals surface area (Å²) >= 11 is 0. The lowest BCUT2D eigenvalue weighted by molar-refractivity contribution is 0.0692. The van der Waals surface area contributed by atoms with Crippen molar-refractivity contribution in [2.75, 3.05) is 33.5 Å². The number of hydrogen-bond donors (Lipinski definition) is 1. The molecule has 1 N–H and O–H groups in total. The van der Waals surface area contributed by atoms with Gasteiger partial charge < -0.3 is 14.6 Å². The molecule has 3 nitrogen and oxygen atoms in total. The highest BCUT2D eigenvalue weighted by Gasteiger charge is 1.84. The molecule has 0 saturated carbocycles. The van der Waals surface area contributed by atoms with Crippen molar-refractivity contribution in [2.24, 2.45) is 0 Å². The summed E-state index contributed by atoms with van der Waals surface area (Å²) < 4.78 is 9.99. The number of unbranched alkanes of at least 4 members (excludes halogenated alkanes) is 1.